The summed E-state index contributed by atoms with van der Waals surface area (Å²) in [6, 6.07) is 20.4. The largest absolute Gasteiger partial charge is 0.488 e. The second-order valence-corrected chi connectivity index (χ2v) is 7.08. The van der Waals surface area contributed by atoms with Crippen LogP contribution in [0.4, 0.5) is 0 Å². The summed E-state index contributed by atoms with van der Waals surface area (Å²) in [4.78, 5) is 0. The molecule has 0 radical (unpaired) electrons. The van der Waals surface area contributed by atoms with Crippen molar-refractivity contribution in [3.05, 3.63) is 76.8 Å². The van der Waals surface area contributed by atoms with Crippen LogP contribution in [-0.2, 0) is 13.2 Å². The van der Waals surface area contributed by atoms with E-state index in [1.54, 1.807) is 0 Å². The molecule has 0 aliphatic rings. The molecule has 0 aliphatic carbocycles. The smallest absolute Gasteiger partial charge is 0.124 e. The molecule has 0 saturated heterocycles. The average Bonchev–Trinajstić information content (AvgIpc) is 2.61. The lowest BCUT2D eigenvalue weighted by Crippen LogP contribution is -2.19. The molecule has 0 heterocycles. The van der Waals surface area contributed by atoms with Crippen LogP contribution in [0.25, 0.3) is 10.8 Å². The van der Waals surface area contributed by atoms with Gasteiger partial charge in [-0.15, -0.1) is 12.4 Å². The Morgan fingerprint density at radius 2 is 1.69 bits per heavy atom. The van der Waals surface area contributed by atoms with Crippen LogP contribution < -0.4 is 10.1 Å². The van der Waals surface area contributed by atoms with Crippen molar-refractivity contribution in [2.24, 2.45) is 5.92 Å². The fourth-order valence-electron chi connectivity index (χ4n) is 2.89. The fourth-order valence-corrected chi connectivity index (χ4v) is 3.08. The van der Waals surface area contributed by atoms with E-state index in [0.717, 1.165) is 29.4 Å². The van der Waals surface area contributed by atoms with Gasteiger partial charge in [0.05, 0.1) is 0 Å². The third-order valence-corrected chi connectivity index (χ3v) is 4.56. The number of hydrogen-bond acceptors (Lipinski definition) is 2. The Bertz CT molecular complexity index is 848. The molecule has 0 aromatic heterocycles. The van der Waals surface area contributed by atoms with E-state index in [9.17, 15) is 0 Å². The van der Waals surface area contributed by atoms with Gasteiger partial charge in [-0.1, -0.05) is 74.0 Å². The lowest BCUT2D eigenvalue weighted by atomic mass is 10.0. The maximum Gasteiger partial charge on any atom is 0.124 e. The van der Waals surface area contributed by atoms with Crippen LogP contribution in [-0.4, -0.2) is 6.54 Å². The van der Waals surface area contributed by atoms with E-state index < -0.39 is 0 Å². The van der Waals surface area contributed by atoms with Gasteiger partial charge in [0, 0.05) is 22.7 Å². The zero-order valence-electron chi connectivity index (χ0n) is 15.2. The number of hydrogen-bond donors (Lipinski definition) is 1. The molecule has 4 heteroatoms. The second-order valence-electron chi connectivity index (χ2n) is 6.67. The van der Waals surface area contributed by atoms with Gasteiger partial charge in [0.15, 0.2) is 0 Å². The Kier molecular flexibility index (Phi) is 7.77. The lowest BCUT2D eigenvalue weighted by Gasteiger charge is -2.16. The molecule has 26 heavy (non-hydrogen) atoms. The highest BCUT2D eigenvalue weighted by Gasteiger charge is 2.10. The molecule has 3 aromatic carbocycles. The maximum atomic E-state index is 6.25. The van der Waals surface area contributed by atoms with Gasteiger partial charge in [-0.25, -0.2) is 0 Å². The first kappa shape index (κ1) is 20.6. The van der Waals surface area contributed by atoms with Gasteiger partial charge in [-0.05, 0) is 35.4 Å². The number of benzene rings is 3. The van der Waals surface area contributed by atoms with Crippen molar-refractivity contribution in [2.45, 2.75) is 27.0 Å². The second kappa shape index (κ2) is 9.82. The molecule has 0 bridgehead atoms. The van der Waals surface area contributed by atoms with Gasteiger partial charge in [0.25, 0.3) is 0 Å². The van der Waals surface area contributed by atoms with Crippen LogP contribution in [0.15, 0.2) is 60.7 Å². The predicted molar refractivity (Wildman–Crippen MR) is 114 cm³/mol. The zero-order valence-corrected chi connectivity index (χ0v) is 16.7. The SMILES string of the molecule is CC(C)CNCc1c(OCc2ccccc2Cl)ccc2ccccc12.Cl. The summed E-state index contributed by atoms with van der Waals surface area (Å²) >= 11 is 6.25. The van der Waals surface area contributed by atoms with Crippen molar-refractivity contribution in [3.63, 3.8) is 0 Å². The summed E-state index contributed by atoms with van der Waals surface area (Å²) in [7, 11) is 0. The van der Waals surface area contributed by atoms with Crippen LogP contribution in [0.1, 0.15) is 25.0 Å². The minimum absolute atomic E-state index is 0. The third kappa shape index (κ3) is 5.14. The summed E-state index contributed by atoms with van der Waals surface area (Å²) in [6.45, 7) is 6.66. The quantitative estimate of drug-likeness (QED) is 0.516. The Balaban J connectivity index is 0.00000243. The number of rotatable bonds is 7. The Labute approximate surface area is 166 Å². The van der Waals surface area contributed by atoms with Crippen LogP contribution in [0.5, 0.6) is 5.75 Å². The number of ether oxygens (including phenoxy) is 1. The molecular formula is C22H25Cl2NO. The van der Waals surface area contributed by atoms with E-state index in [1.807, 2.05) is 24.3 Å². The van der Waals surface area contributed by atoms with Crippen LogP contribution in [0, 0.1) is 5.92 Å². The highest BCUT2D eigenvalue weighted by atomic mass is 35.5. The van der Waals surface area contributed by atoms with Gasteiger partial charge >= 0.3 is 0 Å². The highest BCUT2D eigenvalue weighted by molar-refractivity contribution is 6.31. The van der Waals surface area contributed by atoms with E-state index in [-0.39, 0.29) is 12.4 Å². The third-order valence-electron chi connectivity index (χ3n) is 4.19. The molecule has 0 atom stereocenters. The monoisotopic (exact) mass is 389 g/mol. The van der Waals surface area contributed by atoms with E-state index >= 15 is 0 Å². The molecule has 1 N–H and O–H groups in total. The predicted octanol–water partition coefficient (Wildman–Crippen LogP) is 6.24. The minimum Gasteiger partial charge on any atom is -0.488 e. The summed E-state index contributed by atoms with van der Waals surface area (Å²) in [6.07, 6.45) is 0. The zero-order chi connectivity index (χ0) is 17.6. The van der Waals surface area contributed by atoms with Gasteiger partial charge < -0.3 is 10.1 Å². The summed E-state index contributed by atoms with van der Waals surface area (Å²) in [5, 5.41) is 6.74. The van der Waals surface area contributed by atoms with Crippen molar-refractivity contribution in [2.75, 3.05) is 6.54 Å². The Morgan fingerprint density at radius 1 is 0.962 bits per heavy atom. The number of nitrogens with one attached hydrogen (secondary N) is 1. The summed E-state index contributed by atoms with van der Waals surface area (Å²) < 4.78 is 6.15. The van der Waals surface area contributed by atoms with Crippen LogP contribution >= 0.6 is 24.0 Å². The van der Waals surface area contributed by atoms with Gasteiger partial charge in [-0.3, -0.25) is 0 Å². The van der Waals surface area contributed by atoms with E-state index in [4.69, 9.17) is 16.3 Å². The molecule has 0 unspecified atom stereocenters. The maximum absolute atomic E-state index is 6.25. The standard InChI is InChI=1S/C22H24ClNO.ClH/c1-16(2)13-24-14-20-19-9-5-3-7-17(19)11-12-22(20)25-15-18-8-4-6-10-21(18)23;/h3-12,16,24H,13-15H2,1-2H3;1H. The van der Waals surface area contributed by atoms with Crippen molar-refractivity contribution in [1.82, 2.24) is 5.32 Å². The highest BCUT2D eigenvalue weighted by Crippen LogP contribution is 2.29. The van der Waals surface area contributed by atoms with Crippen molar-refractivity contribution in [3.8, 4) is 5.75 Å². The topological polar surface area (TPSA) is 21.3 Å². The molecule has 0 aliphatic heterocycles. The fraction of sp³-hybridized carbons (Fsp3) is 0.273. The molecule has 0 amide bonds. The van der Waals surface area contributed by atoms with Crippen molar-refractivity contribution < 1.29 is 4.74 Å². The van der Waals surface area contributed by atoms with E-state index in [1.165, 1.54) is 16.3 Å². The van der Waals surface area contributed by atoms with E-state index in [2.05, 4.69) is 55.6 Å². The molecule has 0 saturated carbocycles. The number of halogens is 2. The summed E-state index contributed by atoms with van der Waals surface area (Å²) in [5.74, 6) is 1.53. The molecular weight excluding hydrogens is 365 g/mol. The van der Waals surface area contributed by atoms with Crippen LogP contribution in [0.3, 0.4) is 0 Å². The molecule has 2 nitrogen and oxygen atoms in total. The minimum atomic E-state index is 0. The van der Waals surface area contributed by atoms with Crippen LogP contribution in [0.2, 0.25) is 5.02 Å². The first-order valence-electron chi connectivity index (χ1n) is 8.72. The first-order valence-corrected chi connectivity index (χ1v) is 9.10. The van der Waals surface area contributed by atoms with Gasteiger partial charge in [-0.2, -0.15) is 0 Å². The van der Waals surface area contributed by atoms with Gasteiger partial charge in [0.2, 0.25) is 0 Å². The molecule has 3 aromatic rings. The normalized spacial score (nSPS) is 10.8. The Hall–Kier alpha value is -1.74. The van der Waals surface area contributed by atoms with Gasteiger partial charge in [0.1, 0.15) is 12.4 Å². The van der Waals surface area contributed by atoms with Crippen molar-refractivity contribution in [1.29, 1.82) is 0 Å². The average molecular weight is 390 g/mol. The molecule has 0 fully saturated rings. The lowest BCUT2D eigenvalue weighted by molar-refractivity contribution is 0.302. The number of fused-ring (bicyclic) bond motifs is 1. The van der Waals surface area contributed by atoms with E-state index in [0.29, 0.717) is 12.5 Å². The molecule has 0 spiro atoms. The summed E-state index contributed by atoms with van der Waals surface area (Å²) in [5.41, 5.74) is 2.20. The van der Waals surface area contributed by atoms with Crippen molar-refractivity contribution >= 4 is 34.8 Å². The molecule has 138 valence electrons. The Morgan fingerprint density at radius 3 is 2.46 bits per heavy atom. The molecule has 3 rings (SSSR count). The first-order chi connectivity index (χ1) is 12.1.